The molecule has 0 fully saturated rings. The number of rotatable bonds is 1. The van der Waals surface area contributed by atoms with Gasteiger partial charge in [-0.1, -0.05) is 0 Å². The normalized spacial score (nSPS) is 20.0. The van der Waals surface area contributed by atoms with E-state index in [4.69, 9.17) is 0 Å². The van der Waals surface area contributed by atoms with Crippen LogP contribution in [0.2, 0.25) is 16.7 Å². The quantitative estimate of drug-likeness (QED) is 0.509. The SMILES string of the molecule is [CH3][Ni]([CH3])[CH]1C=CC=C1. The summed E-state index contributed by atoms with van der Waals surface area (Å²) in [5, 5.41) is 0. The number of hydrogen-bond donors (Lipinski definition) is 0. The zero-order chi connectivity index (χ0) is 5.98. The van der Waals surface area contributed by atoms with Crippen molar-refractivity contribution in [3.8, 4) is 0 Å². The molecule has 0 nitrogen and oxygen atoms in total. The molecule has 8 heavy (non-hydrogen) atoms. The van der Waals surface area contributed by atoms with Crippen LogP contribution in [0.15, 0.2) is 24.3 Å². The molecule has 0 saturated heterocycles. The second-order valence-corrected chi connectivity index (χ2v) is 4.64. The first-order valence-corrected chi connectivity index (χ1v) is 5.03. The predicted molar refractivity (Wildman–Crippen MR) is 33.8 cm³/mol. The Hall–Kier alpha value is -0.0265. The van der Waals surface area contributed by atoms with E-state index in [2.05, 4.69) is 36.1 Å². The summed E-state index contributed by atoms with van der Waals surface area (Å²) in [5.41, 5.74) is 0. The number of hydrogen-bond acceptors (Lipinski definition) is 0. The van der Waals surface area contributed by atoms with E-state index in [0.717, 1.165) is 4.89 Å². The van der Waals surface area contributed by atoms with Gasteiger partial charge in [0.1, 0.15) is 0 Å². The van der Waals surface area contributed by atoms with Crippen molar-refractivity contribution in [2.45, 2.75) is 16.7 Å². The maximum atomic E-state index is 2.28. The van der Waals surface area contributed by atoms with E-state index < -0.39 is 0 Å². The molecule has 0 aromatic carbocycles. The van der Waals surface area contributed by atoms with Crippen molar-refractivity contribution in [1.29, 1.82) is 0 Å². The van der Waals surface area contributed by atoms with Gasteiger partial charge in [0.05, 0.1) is 0 Å². The third-order valence-electron chi connectivity index (χ3n) is 1.10. The van der Waals surface area contributed by atoms with Crippen LogP contribution in [0.3, 0.4) is 0 Å². The van der Waals surface area contributed by atoms with Gasteiger partial charge in [0, 0.05) is 0 Å². The average molecular weight is 154 g/mol. The molecule has 0 N–H and O–H groups in total. The zero-order valence-corrected chi connectivity index (χ0v) is 6.19. The van der Waals surface area contributed by atoms with Crippen molar-refractivity contribution < 1.29 is 13.4 Å². The monoisotopic (exact) mass is 153 g/mol. The van der Waals surface area contributed by atoms with E-state index >= 15 is 0 Å². The van der Waals surface area contributed by atoms with Crippen molar-refractivity contribution >= 4 is 0 Å². The molecule has 1 aliphatic rings. The molecule has 1 aliphatic carbocycles. The van der Waals surface area contributed by atoms with E-state index in [9.17, 15) is 0 Å². The van der Waals surface area contributed by atoms with Gasteiger partial charge in [0.15, 0.2) is 0 Å². The molecule has 0 aliphatic heterocycles. The summed E-state index contributed by atoms with van der Waals surface area (Å²) in [4.78, 5) is 0.745. The average Bonchev–Trinajstić information content (AvgIpc) is 2.12. The molecule has 49 valence electrons. The molecule has 0 spiro atoms. The molecular formula is C7H11Ni. The Kier molecular flexibility index (Phi) is 1.91. The minimum absolute atomic E-state index is 0.419. The summed E-state index contributed by atoms with van der Waals surface area (Å²) in [5.74, 6) is 4.56. The van der Waals surface area contributed by atoms with Crippen molar-refractivity contribution in [2.75, 3.05) is 0 Å². The predicted octanol–water partition coefficient (Wildman–Crippen LogP) is 2.62. The van der Waals surface area contributed by atoms with Crippen LogP contribution in [-0.4, -0.2) is 0 Å². The molecule has 0 amide bonds. The Balaban J connectivity index is 2.49. The van der Waals surface area contributed by atoms with E-state index in [1.165, 1.54) is 0 Å². The Morgan fingerprint density at radius 3 is 1.88 bits per heavy atom. The Morgan fingerprint density at radius 2 is 1.62 bits per heavy atom. The molecule has 0 aromatic rings. The van der Waals surface area contributed by atoms with Crippen LogP contribution in [-0.2, 0) is 13.4 Å². The fraction of sp³-hybridized carbons (Fsp3) is 0.429. The van der Waals surface area contributed by atoms with Crippen LogP contribution in [0.1, 0.15) is 0 Å². The van der Waals surface area contributed by atoms with Gasteiger partial charge in [-0.25, -0.2) is 0 Å². The fourth-order valence-corrected chi connectivity index (χ4v) is 1.61. The third kappa shape index (κ3) is 1.23. The molecular weight excluding hydrogens is 143 g/mol. The van der Waals surface area contributed by atoms with E-state index in [-0.39, 0.29) is 0 Å². The molecule has 0 aromatic heterocycles. The zero-order valence-electron chi connectivity index (χ0n) is 5.20. The summed E-state index contributed by atoms with van der Waals surface area (Å²) < 4.78 is 0. The van der Waals surface area contributed by atoms with E-state index in [1.807, 2.05) is 0 Å². The van der Waals surface area contributed by atoms with Crippen LogP contribution < -0.4 is 0 Å². The van der Waals surface area contributed by atoms with Crippen LogP contribution in [0.5, 0.6) is 0 Å². The molecule has 0 radical (unpaired) electrons. The topological polar surface area (TPSA) is 0 Å². The Morgan fingerprint density at radius 1 is 1.12 bits per heavy atom. The third-order valence-corrected chi connectivity index (χ3v) is 2.80. The fourth-order valence-electron chi connectivity index (χ4n) is 0.634. The van der Waals surface area contributed by atoms with Gasteiger partial charge in [0.25, 0.3) is 0 Å². The second-order valence-electron chi connectivity index (χ2n) is 1.85. The van der Waals surface area contributed by atoms with Gasteiger partial charge in [-0.2, -0.15) is 0 Å². The molecule has 1 heteroatoms. The van der Waals surface area contributed by atoms with E-state index in [1.54, 1.807) is 0 Å². The van der Waals surface area contributed by atoms with Crippen molar-refractivity contribution in [2.24, 2.45) is 0 Å². The van der Waals surface area contributed by atoms with Gasteiger partial charge >= 0.3 is 54.4 Å². The van der Waals surface area contributed by atoms with Gasteiger partial charge in [0.2, 0.25) is 0 Å². The summed E-state index contributed by atoms with van der Waals surface area (Å²) in [7, 11) is 0. The summed E-state index contributed by atoms with van der Waals surface area (Å²) >= 11 is 0.419. The summed E-state index contributed by atoms with van der Waals surface area (Å²) in [6, 6.07) is 0. The molecule has 0 saturated carbocycles. The Labute approximate surface area is 54.9 Å². The Bertz CT molecular complexity index is 110. The second kappa shape index (κ2) is 2.50. The summed E-state index contributed by atoms with van der Waals surface area (Å²) in [6.07, 6.45) is 8.77. The van der Waals surface area contributed by atoms with Crippen molar-refractivity contribution in [3.05, 3.63) is 24.3 Å². The van der Waals surface area contributed by atoms with Gasteiger partial charge < -0.3 is 0 Å². The van der Waals surface area contributed by atoms with Gasteiger partial charge in [-0.05, 0) is 0 Å². The standard InChI is InChI=1S/C5H5.2CH3.Ni/c1-2-4-5-3-1;;;/h1-5H;2*1H3;. The molecule has 0 heterocycles. The molecule has 0 unspecified atom stereocenters. The molecule has 1 rings (SSSR count). The van der Waals surface area contributed by atoms with Crippen LogP contribution in [0, 0.1) is 0 Å². The molecule has 0 atom stereocenters. The first kappa shape index (κ1) is 6.10. The minimum atomic E-state index is 0.419. The summed E-state index contributed by atoms with van der Waals surface area (Å²) in [6.45, 7) is 0. The first-order valence-electron chi connectivity index (χ1n) is 2.48. The van der Waals surface area contributed by atoms with Crippen LogP contribution >= 0.6 is 0 Å². The van der Waals surface area contributed by atoms with E-state index in [0.29, 0.717) is 13.4 Å². The van der Waals surface area contributed by atoms with Gasteiger partial charge in [-0.15, -0.1) is 0 Å². The van der Waals surface area contributed by atoms with Gasteiger partial charge in [-0.3, -0.25) is 0 Å². The van der Waals surface area contributed by atoms with Crippen molar-refractivity contribution in [1.82, 2.24) is 0 Å². The molecule has 0 bridgehead atoms. The first-order chi connectivity index (χ1) is 3.80. The van der Waals surface area contributed by atoms with Crippen LogP contribution in [0.4, 0.5) is 0 Å². The van der Waals surface area contributed by atoms with Crippen LogP contribution in [0.25, 0.3) is 0 Å². The van der Waals surface area contributed by atoms with Crippen molar-refractivity contribution in [3.63, 3.8) is 0 Å². The maximum absolute atomic E-state index is 2.28. The number of allylic oxidation sites excluding steroid dienone is 4.